The molecule has 0 spiro atoms. The highest BCUT2D eigenvalue weighted by molar-refractivity contribution is 7.87. The lowest BCUT2D eigenvalue weighted by Gasteiger charge is -2.30. The summed E-state index contributed by atoms with van der Waals surface area (Å²) in [5.41, 5.74) is 0. The minimum Gasteiger partial charge on any atom is -0.379 e. The van der Waals surface area contributed by atoms with E-state index < -0.39 is 10.2 Å². The van der Waals surface area contributed by atoms with Crippen LogP contribution in [-0.2, 0) is 19.7 Å². The smallest absolute Gasteiger partial charge is 0.279 e. The summed E-state index contributed by atoms with van der Waals surface area (Å²) in [5, 5.41) is 0. The fourth-order valence-corrected chi connectivity index (χ4v) is 4.32. The molecule has 2 aliphatic rings. The standard InChI is InChI=1S/C15H30N2O4S/c1-17(14-7-3-2-4-8-14)22(18,19)16-10-6-11-20-13-15-9-5-12-21-15/h14-16H,2-13H2,1H3. The van der Waals surface area contributed by atoms with Crippen molar-refractivity contribution < 1.29 is 17.9 Å². The maximum absolute atomic E-state index is 12.2. The molecule has 0 amide bonds. The van der Waals surface area contributed by atoms with E-state index in [4.69, 9.17) is 9.47 Å². The first-order valence-electron chi connectivity index (χ1n) is 8.51. The molecule has 1 heterocycles. The predicted molar refractivity (Wildman–Crippen MR) is 86.0 cm³/mol. The van der Waals surface area contributed by atoms with Crippen molar-refractivity contribution in [3.8, 4) is 0 Å². The lowest BCUT2D eigenvalue weighted by molar-refractivity contribution is 0.0169. The quantitative estimate of drug-likeness (QED) is 0.651. The van der Waals surface area contributed by atoms with Gasteiger partial charge in [0.2, 0.25) is 0 Å². The third-order valence-electron chi connectivity index (χ3n) is 4.55. The van der Waals surface area contributed by atoms with Gasteiger partial charge in [0.1, 0.15) is 0 Å². The van der Waals surface area contributed by atoms with E-state index in [1.165, 1.54) is 10.7 Å². The van der Waals surface area contributed by atoms with Crippen LogP contribution in [0.5, 0.6) is 0 Å². The number of hydrogen-bond donors (Lipinski definition) is 1. The Bertz CT molecular complexity index is 404. The molecule has 2 fully saturated rings. The van der Waals surface area contributed by atoms with Crippen molar-refractivity contribution in [3.63, 3.8) is 0 Å². The molecule has 0 aromatic rings. The molecular weight excluding hydrogens is 304 g/mol. The molecule has 1 saturated heterocycles. The molecule has 2 rings (SSSR count). The van der Waals surface area contributed by atoms with Gasteiger partial charge in [0.15, 0.2) is 0 Å². The average Bonchev–Trinajstić information content (AvgIpc) is 3.04. The second-order valence-corrected chi connectivity index (χ2v) is 8.09. The van der Waals surface area contributed by atoms with Crippen LogP contribution in [0, 0.1) is 0 Å². The van der Waals surface area contributed by atoms with E-state index >= 15 is 0 Å². The highest BCUT2D eigenvalue weighted by atomic mass is 32.2. The van der Waals surface area contributed by atoms with E-state index in [-0.39, 0.29) is 12.1 Å². The lowest BCUT2D eigenvalue weighted by atomic mass is 9.96. The zero-order valence-corrected chi connectivity index (χ0v) is 14.4. The van der Waals surface area contributed by atoms with Crippen LogP contribution in [0.3, 0.4) is 0 Å². The van der Waals surface area contributed by atoms with Crippen LogP contribution in [0.4, 0.5) is 0 Å². The Morgan fingerprint density at radius 2 is 1.95 bits per heavy atom. The van der Waals surface area contributed by atoms with Gasteiger partial charge < -0.3 is 9.47 Å². The molecule has 0 aromatic carbocycles. The summed E-state index contributed by atoms with van der Waals surface area (Å²) in [6.07, 6.45) is 8.52. The molecule has 7 heteroatoms. The molecule has 6 nitrogen and oxygen atoms in total. The van der Waals surface area contributed by atoms with Crippen LogP contribution in [0.2, 0.25) is 0 Å². The van der Waals surface area contributed by atoms with Crippen molar-refractivity contribution in [1.29, 1.82) is 0 Å². The van der Waals surface area contributed by atoms with Gasteiger partial charge in [0.25, 0.3) is 10.2 Å². The van der Waals surface area contributed by atoms with Crippen molar-refractivity contribution in [1.82, 2.24) is 9.03 Å². The first-order chi connectivity index (χ1) is 10.6. The monoisotopic (exact) mass is 334 g/mol. The molecule has 1 aliphatic carbocycles. The fourth-order valence-electron chi connectivity index (χ4n) is 3.11. The van der Waals surface area contributed by atoms with E-state index in [0.717, 1.165) is 45.1 Å². The first kappa shape index (κ1) is 18.1. The van der Waals surface area contributed by atoms with Crippen LogP contribution >= 0.6 is 0 Å². The molecule has 1 saturated carbocycles. The molecule has 1 atom stereocenters. The summed E-state index contributed by atoms with van der Waals surface area (Å²) in [7, 11) is -1.67. The van der Waals surface area contributed by atoms with Crippen LogP contribution in [-0.4, -0.2) is 58.3 Å². The van der Waals surface area contributed by atoms with Gasteiger partial charge in [-0.3, -0.25) is 0 Å². The Morgan fingerprint density at radius 3 is 2.64 bits per heavy atom. The maximum atomic E-state index is 12.2. The number of hydrogen-bond acceptors (Lipinski definition) is 4. The van der Waals surface area contributed by atoms with Gasteiger partial charge >= 0.3 is 0 Å². The van der Waals surface area contributed by atoms with Crippen LogP contribution in [0.25, 0.3) is 0 Å². The van der Waals surface area contributed by atoms with E-state index in [9.17, 15) is 8.42 Å². The normalized spacial score (nSPS) is 24.2. The predicted octanol–water partition coefficient (Wildman–Crippen LogP) is 1.67. The largest absolute Gasteiger partial charge is 0.379 e. The topological polar surface area (TPSA) is 67.9 Å². The summed E-state index contributed by atoms with van der Waals surface area (Å²) in [5.74, 6) is 0. The van der Waals surface area contributed by atoms with Gasteiger partial charge in [0, 0.05) is 32.8 Å². The minimum atomic E-state index is -3.36. The van der Waals surface area contributed by atoms with E-state index in [0.29, 0.717) is 26.2 Å². The van der Waals surface area contributed by atoms with Crippen LogP contribution < -0.4 is 4.72 Å². The van der Waals surface area contributed by atoms with Crippen molar-refractivity contribution in [2.75, 3.05) is 33.4 Å². The van der Waals surface area contributed by atoms with Crippen LogP contribution in [0.1, 0.15) is 51.4 Å². The Labute approximate surface area is 134 Å². The van der Waals surface area contributed by atoms with Crippen LogP contribution in [0.15, 0.2) is 0 Å². The Kier molecular flexibility index (Phi) is 7.56. The number of nitrogens with one attached hydrogen (secondary N) is 1. The summed E-state index contributed by atoms with van der Waals surface area (Å²) < 4.78 is 39.6. The SMILES string of the molecule is CN(C1CCCCC1)S(=O)(=O)NCCCOCC1CCCO1. The minimum absolute atomic E-state index is 0.155. The molecule has 130 valence electrons. The molecular formula is C15H30N2O4S. The molecule has 0 radical (unpaired) electrons. The molecule has 1 aliphatic heterocycles. The van der Waals surface area contributed by atoms with Crippen molar-refractivity contribution >= 4 is 10.2 Å². The number of rotatable bonds is 9. The molecule has 0 aromatic heterocycles. The third kappa shape index (κ3) is 5.77. The fraction of sp³-hybridized carbons (Fsp3) is 1.00. The first-order valence-corrected chi connectivity index (χ1v) is 9.95. The summed E-state index contributed by atoms with van der Waals surface area (Å²) in [6, 6.07) is 0.155. The highest BCUT2D eigenvalue weighted by Gasteiger charge is 2.26. The second kappa shape index (κ2) is 9.17. The summed E-state index contributed by atoms with van der Waals surface area (Å²) >= 11 is 0. The number of ether oxygens (including phenoxy) is 2. The van der Waals surface area contributed by atoms with Gasteiger partial charge in [-0.25, -0.2) is 4.72 Å². The lowest BCUT2D eigenvalue weighted by Crippen LogP contribution is -2.45. The molecule has 22 heavy (non-hydrogen) atoms. The van der Waals surface area contributed by atoms with Gasteiger partial charge in [-0.05, 0) is 32.1 Å². The van der Waals surface area contributed by atoms with Gasteiger partial charge in [-0.2, -0.15) is 12.7 Å². The van der Waals surface area contributed by atoms with Crippen molar-refractivity contribution in [2.24, 2.45) is 0 Å². The van der Waals surface area contributed by atoms with Gasteiger partial charge in [0.05, 0.1) is 12.7 Å². The number of nitrogens with zero attached hydrogens (tertiary/aromatic N) is 1. The average molecular weight is 334 g/mol. The van der Waals surface area contributed by atoms with Gasteiger partial charge in [-0.15, -0.1) is 0 Å². The van der Waals surface area contributed by atoms with E-state index in [1.54, 1.807) is 7.05 Å². The Morgan fingerprint density at radius 1 is 1.18 bits per heavy atom. The zero-order chi connectivity index (χ0) is 15.8. The van der Waals surface area contributed by atoms with E-state index in [2.05, 4.69) is 4.72 Å². The molecule has 1 N–H and O–H groups in total. The Hall–Kier alpha value is -0.210. The van der Waals surface area contributed by atoms with Crippen molar-refractivity contribution in [3.05, 3.63) is 0 Å². The Balaban J connectivity index is 1.58. The molecule has 0 bridgehead atoms. The highest BCUT2D eigenvalue weighted by Crippen LogP contribution is 2.22. The molecule has 1 unspecified atom stereocenters. The van der Waals surface area contributed by atoms with E-state index in [1.807, 2.05) is 0 Å². The summed E-state index contributed by atoms with van der Waals surface area (Å²) in [4.78, 5) is 0. The third-order valence-corrected chi connectivity index (χ3v) is 6.17. The maximum Gasteiger partial charge on any atom is 0.279 e. The van der Waals surface area contributed by atoms with Crippen molar-refractivity contribution in [2.45, 2.75) is 63.5 Å². The summed E-state index contributed by atoms with van der Waals surface area (Å²) in [6.45, 7) is 2.44. The second-order valence-electron chi connectivity index (χ2n) is 6.27. The zero-order valence-electron chi connectivity index (χ0n) is 13.6. The van der Waals surface area contributed by atoms with Gasteiger partial charge in [-0.1, -0.05) is 19.3 Å².